The van der Waals surface area contributed by atoms with E-state index in [0.29, 0.717) is 5.92 Å². The van der Waals surface area contributed by atoms with Crippen LogP contribution in [0.1, 0.15) is 38.5 Å². The van der Waals surface area contributed by atoms with Crippen LogP contribution in [0.5, 0.6) is 0 Å². The lowest BCUT2D eigenvalue weighted by molar-refractivity contribution is 0.107. The van der Waals surface area contributed by atoms with Crippen LogP contribution in [0.2, 0.25) is 0 Å². The second kappa shape index (κ2) is 4.43. The van der Waals surface area contributed by atoms with E-state index in [4.69, 9.17) is 0 Å². The van der Waals surface area contributed by atoms with Crippen molar-refractivity contribution in [2.75, 3.05) is 13.1 Å². The molecule has 2 unspecified atom stereocenters. The number of aliphatic hydroxyl groups is 1. The van der Waals surface area contributed by atoms with Gasteiger partial charge in [0.05, 0.1) is 6.10 Å². The SMILES string of the molecule is OC1CNCC1C1CCCCCC1. The third-order valence-electron chi connectivity index (χ3n) is 3.73. The van der Waals surface area contributed by atoms with Gasteiger partial charge >= 0.3 is 0 Å². The second-order valence-electron chi connectivity index (χ2n) is 4.64. The van der Waals surface area contributed by atoms with Gasteiger partial charge in [0.15, 0.2) is 0 Å². The maximum absolute atomic E-state index is 9.77. The van der Waals surface area contributed by atoms with Crippen molar-refractivity contribution in [3.63, 3.8) is 0 Å². The molecule has 2 atom stereocenters. The fourth-order valence-electron chi connectivity index (χ4n) is 2.91. The summed E-state index contributed by atoms with van der Waals surface area (Å²) in [5, 5.41) is 13.1. The van der Waals surface area contributed by atoms with Crippen LogP contribution in [0.4, 0.5) is 0 Å². The molecule has 1 heterocycles. The van der Waals surface area contributed by atoms with E-state index in [9.17, 15) is 5.11 Å². The Bertz CT molecular complexity index is 152. The van der Waals surface area contributed by atoms with Gasteiger partial charge in [-0.05, 0) is 5.92 Å². The molecule has 13 heavy (non-hydrogen) atoms. The predicted molar refractivity (Wildman–Crippen MR) is 53.6 cm³/mol. The van der Waals surface area contributed by atoms with Crippen molar-refractivity contribution in [3.8, 4) is 0 Å². The highest BCUT2D eigenvalue weighted by atomic mass is 16.3. The standard InChI is InChI=1S/C11H21NO/c13-11-8-12-7-10(11)9-5-3-1-2-4-6-9/h9-13H,1-8H2. The molecule has 1 aliphatic heterocycles. The molecule has 76 valence electrons. The van der Waals surface area contributed by atoms with E-state index in [1.165, 1.54) is 38.5 Å². The van der Waals surface area contributed by atoms with Gasteiger partial charge in [0.25, 0.3) is 0 Å². The molecule has 0 spiro atoms. The summed E-state index contributed by atoms with van der Waals surface area (Å²) in [6.07, 6.45) is 8.22. The van der Waals surface area contributed by atoms with Crippen LogP contribution in [-0.4, -0.2) is 24.3 Å². The number of β-amino-alcohol motifs (C(OH)–C–C–N with tert-alkyl or cyclic N) is 1. The van der Waals surface area contributed by atoms with Crippen molar-refractivity contribution >= 4 is 0 Å². The van der Waals surface area contributed by atoms with Crippen molar-refractivity contribution in [1.82, 2.24) is 5.32 Å². The Morgan fingerprint density at radius 3 is 2.15 bits per heavy atom. The molecule has 2 nitrogen and oxygen atoms in total. The average molecular weight is 183 g/mol. The van der Waals surface area contributed by atoms with E-state index in [1.807, 2.05) is 0 Å². The van der Waals surface area contributed by atoms with Crippen LogP contribution in [-0.2, 0) is 0 Å². The van der Waals surface area contributed by atoms with Crippen LogP contribution in [0.15, 0.2) is 0 Å². The molecule has 2 heteroatoms. The van der Waals surface area contributed by atoms with Crippen LogP contribution in [0.3, 0.4) is 0 Å². The van der Waals surface area contributed by atoms with Gasteiger partial charge in [-0.3, -0.25) is 0 Å². The van der Waals surface area contributed by atoms with Gasteiger partial charge in [0.1, 0.15) is 0 Å². The Labute approximate surface area is 80.7 Å². The zero-order valence-electron chi connectivity index (χ0n) is 8.34. The minimum Gasteiger partial charge on any atom is -0.391 e. The first-order valence-corrected chi connectivity index (χ1v) is 5.76. The van der Waals surface area contributed by atoms with E-state index in [1.54, 1.807) is 0 Å². The Kier molecular flexibility index (Phi) is 3.23. The molecule has 0 aromatic heterocycles. The van der Waals surface area contributed by atoms with E-state index in [-0.39, 0.29) is 6.10 Å². The molecule has 2 N–H and O–H groups in total. The minimum atomic E-state index is -0.0666. The molecule has 1 saturated heterocycles. The third kappa shape index (κ3) is 2.23. The first-order chi connectivity index (χ1) is 6.38. The summed E-state index contributed by atoms with van der Waals surface area (Å²) < 4.78 is 0. The van der Waals surface area contributed by atoms with Gasteiger partial charge in [0, 0.05) is 19.0 Å². The van der Waals surface area contributed by atoms with Gasteiger partial charge in [-0.25, -0.2) is 0 Å². The van der Waals surface area contributed by atoms with Crippen LogP contribution in [0, 0.1) is 11.8 Å². The number of hydrogen-bond donors (Lipinski definition) is 2. The summed E-state index contributed by atoms with van der Waals surface area (Å²) in [5.74, 6) is 1.35. The Morgan fingerprint density at radius 2 is 1.62 bits per heavy atom. The summed E-state index contributed by atoms with van der Waals surface area (Å²) in [4.78, 5) is 0. The fourth-order valence-corrected chi connectivity index (χ4v) is 2.91. The molecule has 1 aliphatic carbocycles. The molecule has 2 aliphatic rings. The zero-order valence-corrected chi connectivity index (χ0v) is 8.34. The normalized spacial score (nSPS) is 37.6. The molecule has 2 fully saturated rings. The van der Waals surface area contributed by atoms with Gasteiger partial charge in [-0.1, -0.05) is 38.5 Å². The molecule has 0 amide bonds. The van der Waals surface area contributed by atoms with Crippen molar-refractivity contribution in [2.24, 2.45) is 11.8 Å². The second-order valence-corrected chi connectivity index (χ2v) is 4.64. The monoisotopic (exact) mass is 183 g/mol. The molecule has 1 saturated carbocycles. The van der Waals surface area contributed by atoms with Crippen molar-refractivity contribution in [3.05, 3.63) is 0 Å². The van der Waals surface area contributed by atoms with E-state index >= 15 is 0 Å². The summed E-state index contributed by atoms with van der Waals surface area (Å²) in [5.41, 5.74) is 0. The highest BCUT2D eigenvalue weighted by Gasteiger charge is 2.32. The third-order valence-corrected chi connectivity index (χ3v) is 3.73. The van der Waals surface area contributed by atoms with Gasteiger partial charge < -0.3 is 10.4 Å². The van der Waals surface area contributed by atoms with Gasteiger partial charge in [0.2, 0.25) is 0 Å². The average Bonchev–Trinajstić information content (AvgIpc) is 2.43. The molecular formula is C11H21NO. The molecule has 0 bridgehead atoms. The fraction of sp³-hybridized carbons (Fsp3) is 1.00. The summed E-state index contributed by atoms with van der Waals surface area (Å²) >= 11 is 0. The quantitative estimate of drug-likeness (QED) is 0.604. The number of hydrogen-bond acceptors (Lipinski definition) is 2. The molecule has 0 aromatic rings. The maximum Gasteiger partial charge on any atom is 0.0707 e. The van der Waals surface area contributed by atoms with Crippen LogP contribution >= 0.6 is 0 Å². The molecular weight excluding hydrogens is 162 g/mol. The van der Waals surface area contributed by atoms with Gasteiger partial charge in [-0.15, -0.1) is 0 Å². The van der Waals surface area contributed by atoms with Gasteiger partial charge in [-0.2, -0.15) is 0 Å². The Morgan fingerprint density at radius 1 is 0.923 bits per heavy atom. The largest absolute Gasteiger partial charge is 0.391 e. The number of nitrogens with one attached hydrogen (secondary N) is 1. The lowest BCUT2D eigenvalue weighted by Gasteiger charge is -2.23. The molecule has 0 aromatic carbocycles. The Hall–Kier alpha value is -0.0800. The molecule has 2 rings (SSSR count). The van der Waals surface area contributed by atoms with Crippen LogP contribution in [0.25, 0.3) is 0 Å². The smallest absolute Gasteiger partial charge is 0.0707 e. The lowest BCUT2D eigenvalue weighted by atomic mass is 9.84. The van der Waals surface area contributed by atoms with Crippen LogP contribution < -0.4 is 5.32 Å². The predicted octanol–water partition coefficient (Wildman–Crippen LogP) is 1.54. The van der Waals surface area contributed by atoms with Crippen molar-refractivity contribution in [2.45, 2.75) is 44.6 Å². The van der Waals surface area contributed by atoms with E-state index in [2.05, 4.69) is 5.32 Å². The molecule has 0 radical (unpaired) electrons. The van der Waals surface area contributed by atoms with Crippen molar-refractivity contribution in [1.29, 1.82) is 0 Å². The Balaban J connectivity index is 1.89. The number of aliphatic hydroxyl groups excluding tert-OH is 1. The summed E-state index contributed by atoms with van der Waals surface area (Å²) in [6.45, 7) is 1.87. The number of rotatable bonds is 1. The summed E-state index contributed by atoms with van der Waals surface area (Å²) in [6, 6.07) is 0. The lowest BCUT2D eigenvalue weighted by Crippen LogP contribution is -2.26. The van der Waals surface area contributed by atoms with E-state index in [0.717, 1.165) is 19.0 Å². The highest BCUT2D eigenvalue weighted by Crippen LogP contribution is 2.31. The first kappa shape index (κ1) is 9.47. The summed E-state index contributed by atoms with van der Waals surface area (Å²) in [7, 11) is 0. The maximum atomic E-state index is 9.77. The first-order valence-electron chi connectivity index (χ1n) is 5.76. The highest BCUT2D eigenvalue weighted by molar-refractivity contribution is 4.86. The van der Waals surface area contributed by atoms with E-state index < -0.39 is 0 Å². The van der Waals surface area contributed by atoms with Crippen molar-refractivity contribution < 1.29 is 5.11 Å². The minimum absolute atomic E-state index is 0.0666. The zero-order chi connectivity index (χ0) is 9.10. The topological polar surface area (TPSA) is 32.3 Å².